The molecule has 5 rings (SSSR count). The fourth-order valence-electron chi connectivity index (χ4n) is 3.87. The van der Waals surface area contributed by atoms with Crippen molar-refractivity contribution in [3.05, 3.63) is 54.1 Å². The normalized spacial score (nSPS) is 23.7. The molecule has 0 spiro atoms. The highest BCUT2D eigenvalue weighted by molar-refractivity contribution is 8.93. The van der Waals surface area contributed by atoms with Gasteiger partial charge in [-0.25, -0.2) is 4.58 Å². The first kappa shape index (κ1) is 18.7. The van der Waals surface area contributed by atoms with E-state index in [0.29, 0.717) is 25.5 Å². The maximum atomic E-state index is 11.9. The molecular formula is C20H22BrN2O3S+. The molecule has 2 aromatic carbocycles. The summed E-state index contributed by atoms with van der Waals surface area (Å²) in [5.74, 6) is 2.53. The lowest BCUT2D eigenvalue weighted by molar-refractivity contribution is -0.532. The van der Waals surface area contributed by atoms with E-state index < -0.39 is 5.72 Å². The molecule has 3 aliphatic heterocycles. The van der Waals surface area contributed by atoms with Crippen molar-refractivity contribution in [1.82, 2.24) is 0 Å². The maximum absolute atomic E-state index is 11.9. The molecule has 7 heteroatoms. The van der Waals surface area contributed by atoms with E-state index in [4.69, 9.17) is 9.47 Å². The van der Waals surface area contributed by atoms with Crippen molar-refractivity contribution in [3.63, 3.8) is 0 Å². The van der Waals surface area contributed by atoms with Gasteiger partial charge in [-0.05, 0) is 48.5 Å². The number of fused-ring (bicyclic) bond motifs is 1. The molecule has 3 aliphatic rings. The van der Waals surface area contributed by atoms with Crippen LogP contribution in [-0.4, -0.2) is 46.9 Å². The minimum atomic E-state index is -1.14. The Morgan fingerprint density at radius 3 is 2.63 bits per heavy atom. The third-order valence-electron chi connectivity index (χ3n) is 5.07. The van der Waals surface area contributed by atoms with Gasteiger partial charge in [0.15, 0.2) is 18.0 Å². The Morgan fingerprint density at radius 1 is 1.04 bits per heavy atom. The predicted molar refractivity (Wildman–Crippen MR) is 113 cm³/mol. The number of hydrogen-bond donors (Lipinski definition) is 1. The molecule has 142 valence electrons. The van der Waals surface area contributed by atoms with Crippen molar-refractivity contribution in [3.8, 4) is 11.5 Å². The molecule has 0 bridgehead atoms. The molecule has 1 unspecified atom stereocenters. The molecule has 1 N–H and O–H groups in total. The summed E-state index contributed by atoms with van der Waals surface area (Å²) < 4.78 is 13.7. The van der Waals surface area contributed by atoms with Crippen molar-refractivity contribution in [2.45, 2.75) is 12.1 Å². The van der Waals surface area contributed by atoms with Gasteiger partial charge in [0.1, 0.15) is 18.9 Å². The highest BCUT2D eigenvalue weighted by Gasteiger charge is 2.55. The summed E-state index contributed by atoms with van der Waals surface area (Å²) in [7, 11) is 0. The minimum absolute atomic E-state index is 0. The molecule has 27 heavy (non-hydrogen) atoms. The van der Waals surface area contributed by atoms with E-state index >= 15 is 0 Å². The Kier molecular flexibility index (Phi) is 5.09. The summed E-state index contributed by atoms with van der Waals surface area (Å²) in [4.78, 5) is 2.07. The number of ether oxygens (including phenoxy) is 2. The van der Waals surface area contributed by atoms with Crippen LogP contribution in [0.3, 0.4) is 0 Å². The molecule has 0 saturated heterocycles. The average molecular weight is 450 g/mol. The summed E-state index contributed by atoms with van der Waals surface area (Å²) in [6.07, 6.45) is 1.13. The van der Waals surface area contributed by atoms with E-state index in [1.54, 1.807) is 0 Å². The Balaban J connectivity index is 0.00000180. The number of anilines is 1. The number of para-hydroxylation sites is 1. The smallest absolute Gasteiger partial charge is 0.316 e. The third kappa shape index (κ3) is 3.11. The van der Waals surface area contributed by atoms with Crippen molar-refractivity contribution < 1.29 is 19.2 Å². The molecule has 2 aromatic rings. The Bertz CT molecular complexity index is 877. The van der Waals surface area contributed by atoms with Gasteiger partial charge in [-0.2, -0.15) is 4.90 Å². The number of benzene rings is 2. The zero-order chi connectivity index (χ0) is 17.6. The second kappa shape index (κ2) is 7.37. The van der Waals surface area contributed by atoms with Crippen LogP contribution in [0.5, 0.6) is 11.5 Å². The van der Waals surface area contributed by atoms with Gasteiger partial charge in [0, 0.05) is 11.3 Å². The van der Waals surface area contributed by atoms with E-state index in [1.165, 1.54) is 0 Å². The van der Waals surface area contributed by atoms with Gasteiger partial charge in [0.25, 0.3) is 5.72 Å². The zero-order valence-electron chi connectivity index (χ0n) is 14.8. The van der Waals surface area contributed by atoms with Gasteiger partial charge < -0.3 is 14.6 Å². The Labute approximate surface area is 173 Å². The van der Waals surface area contributed by atoms with Crippen LogP contribution >= 0.6 is 28.7 Å². The summed E-state index contributed by atoms with van der Waals surface area (Å²) in [5, 5.41) is 13.0. The summed E-state index contributed by atoms with van der Waals surface area (Å²) >= 11 is 1.82. The lowest BCUT2D eigenvalue weighted by atomic mass is 10.00. The summed E-state index contributed by atoms with van der Waals surface area (Å²) in [6, 6.07) is 15.9. The van der Waals surface area contributed by atoms with Crippen LogP contribution in [0.15, 0.2) is 48.5 Å². The SMILES string of the molecule is Br.OC1(c2ccc3c(c2)OCCO3)C[N+]2=C(SCCC2)N1c1ccccc1. The van der Waals surface area contributed by atoms with Crippen molar-refractivity contribution in [1.29, 1.82) is 0 Å². The topological polar surface area (TPSA) is 44.9 Å². The molecule has 1 atom stereocenters. The van der Waals surface area contributed by atoms with E-state index in [0.717, 1.165) is 40.9 Å². The molecule has 5 nitrogen and oxygen atoms in total. The highest BCUT2D eigenvalue weighted by atomic mass is 79.9. The number of amidine groups is 1. The predicted octanol–water partition coefficient (Wildman–Crippen LogP) is 3.21. The standard InChI is InChI=1S/C20H21N2O3S.BrH/c23-20(15-7-8-17-18(13-15)25-11-10-24-17)14-21-9-4-12-26-19(21)22(20)16-5-2-1-3-6-16;/h1-3,5-8,13,23H,4,9-12,14H2;1H/q+1;. The van der Waals surface area contributed by atoms with Crippen LogP contribution in [0.2, 0.25) is 0 Å². The largest absolute Gasteiger partial charge is 0.486 e. The van der Waals surface area contributed by atoms with Crippen LogP contribution in [0, 0.1) is 0 Å². The second-order valence-corrected chi connectivity index (χ2v) is 7.81. The number of nitrogens with zero attached hydrogens (tertiary/aromatic N) is 2. The number of hydrogen-bond acceptors (Lipinski definition) is 5. The van der Waals surface area contributed by atoms with E-state index in [1.807, 2.05) is 48.2 Å². The molecule has 0 amide bonds. The van der Waals surface area contributed by atoms with Crippen molar-refractivity contribution in [2.24, 2.45) is 0 Å². The second-order valence-electron chi connectivity index (χ2n) is 6.75. The number of thioether (sulfide) groups is 1. The van der Waals surface area contributed by atoms with Gasteiger partial charge in [0.05, 0.1) is 6.54 Å². The molecule has 0 aliphatic carbocycles. The zero-order valence-corrected chi connectivity index (χ0v) is 17.4. The summed E-state index contributed by atoms with van der Waals surface area (Å²) in [6.45, 7) is 2.62. The van der Waals surface area contributed by atoms with Crippen LogP contribution in [0.25, 0.3) is 0 Å². The quantitative estimate of drug-likeness (QED) is 0.713. The number of aliphatic hydroxyl groups is 1. The molecule has 0 radical (unpaired) electrons. The van der Waals surface area contributed by atoms with Gasteiger partial charge in [0.2, 0.25) is 0 Å². The van der Waals surface area contributed by atoms with Gasteiger partial charge in [-0.15, -0.1) is 17.0 Å². The number of rotatable bonds is 2. The first-order chi connectivity index (χ1) is 12.8. The minimum Gasteiger partial charge on any atom is -0.486 e. The first-order valence-electron chi connectivity index (χ1n) is 8.98. The van der Waals surface area contributed by atoms with Gasteiger partial charge in [-0.3, -0.25) is 0 Å². The fraction of sp³-hybridized carbons (Fsp3) is 0.350. The summed E-state index contributed by atoms with van der Waals surface area (Å²) in [5.41, 5.74) is 0.689. The van der Waals surface area contributed by atoms with Crippen LogP contribution in [0.1, 0.15) is 12.0 Å². The van der Waals surface area contributed by atoms with Gasteiger partial charge >= 0.3 is 5.17 Å². The third-order valence-corrected chi connectivity index (χ3v) is 6.26. The van der Waals surface area contributed by atoms with E-state index in [2.05, 4.69) is 21.6 Å². The molecule has 0 saturated carbocycles. The monoisotopic (exact) mass is 449 g/mol. The van der Waals surface area contributed by atoms with Gasteiger partial charge in [-0.1, -0.05) is 18.2 Å². The maximum Gasteiger partial charge on any atom is 0.316 e. The number of halogens is 1. The molecule has 0 fully saturated rings. The van der Waals surface area contributed by atoms with Crippen LogP contribution in [-0.2, 0) is 5.72 Å². The molecular weight excluding hydrogens is 428 g/mol. The van der Waals surface area contributed by atoms with Crippen molar-refractivity contribution in [2.75, 3.05) is 37.0 Å². The van der Waals surface area contributed by atoms with E-state index in [9.17, 15) is 5.11 Å². The van der Waals surface area contributed by atoms with Crippen LogP contribution < -0.4 is 14.4 Å². The molecule has 0 aromatic heterocycles. The fourth-order valence-corrected chi connectivity index (χ4v) is 5.05. The molecule has 3 heterocycles. The first-order valence-corrected chi connectivity index (χ1v) is 9.97. The van der Waals surface area contributed by atoms with Crippen LogP contribution in [0.4, 0.5) is 5.69 Å². The van der Waals surface area contributed by atoms with E-state index in [-0.39, 0.29) is 17.0 Å². The lowest BCUT2D eigenvalue weighted by Crippen LogP contribution is -2.46. The Morgan fingerprint density at radius 2 is 1.81 bits per heavy atom. The van der Waals surface area contributed by atoms with Crippen molar-refractivity contribution >= 4 is 39.6 Å². The average Bonchev–Trinajstić information content (AvgIpc) is 3.01. The lowest BCUT2D eigenvalue weighted by Gasteiger charge is -2.29. The Hall–Kier alpha value is -1.70. The highest BCUT2D eigenvalue weighted by Crippen LogP contribution is 2.42.